The van der Waals surface area contributed by atoms with Gasteiger partial charge in [-0.05, 0) is 18.9 Å². The SMILES string of the molecule is CCC(CC)(CO)NS(=O)(=O)c1ccc([N+](=O)[O-])cc1Cl. The molecular formula is C12H17ClN2O5S. The lowest BCUT2D eigenvalue weighted by atomic mass is 9.96. The smallest absolute Gasteiger partial charge is 0.271 e. The van der Waals surface area contributed by atoms with Crippen molar-refractivity contribution in [1.29, 1.82) is 0 Å². The van der Waals surface area contributed by atoms with Crippen molar-refractivity contribution >= 4 is 27.3 Å². The highest BCUT2D eigenvalue weighted by Gasteiger charge is 2.32. The van der Waals surface area contributed by atoms with Crippen molar-refractivity contribution in [3.8, 4) is 0 Å². The second-order valence-electron chi connectivity index (χ2n) is 4.62. The summed E-state index contributed by atoms with van der Waals surface area (Å²) in [5.41, 5.74) is -1.28. The van der Waals surface area contributed by atoms with E-state index in [0.717, 1.165) is 18.2 Å². The Morgan fingerprint density at radius 3 is 2.33 bits per heavy atom. The molecule has 0 heterocycles. The first-order valence-electron chi connectivity index (χ1n) is 6.30. The monoisotopic (exact) mass is 336 g/mol. The lowest BCUT2D eigenvalue weighted by Gasteiger charge is -2.30. The predicted octanol–water partition coefficient (Wildman–Crippen LogP) is 2.08. The summed E-state index contributed by atoms with van der Waals surface area (Å²) in [6.07, 6.45) is 0.785. The maximum Gasteiger partial charge on any atom is 0.271 e. The minimum Gasteiger partial charge on any atom is -0.394 e. The average molecular weight is 337 g/mol. The van der Waals surface area contributed by atoms with Crippen LogP contribution in [0.15, 0.2) is 23.1 Å². The molecular weight excluding hydrogens is 320 g/mol. The van der Waals surface area contributed by atoms with Crippen molar-refractivity contribution in [2.45, 2.75) is 37.1 Å². The Bertz CT molecular complexity index is 620. The predicted molar refractivity (Wildman–Crippen MR) is 78.8 cm³/mol. The van der Waals surface area contributed by atoms with Gasteiger partial charge in [-0.3, -0.25) is 10.1 Å². The molecule has 1 aromatic rings. The fourth-order valence-electron chi connectivity index (χ4n) is 1.81. The number of nitro benzene ring substituents is 1. The summed E-state index contributed by atoms with van der Waals surface area (Å²) < 4.78 is 27.1. The number of nitro groups is 1. The van der Waals surface area contributed by atoms with Crippen LogP contribution in [0.3, 0.4) is 0 Å². The van der Waals surface area contributed by atoms with E-state index in [1.165, 1.54) is 0 Å². The summed E-state index contributed by atoms with van der Waals surface area (Å²) in [6, 6.07) is 3.13. The van der Waals surface area contributed by atoms with E-state index in [2.05, 4.69) is 4.72 Å². The highest BCUT2D eigenvalue weighted by atomic mass is 35.5. The number of hydrogen-bond acceptors (Lipinski definition) is 5. The number of non-ortho nitro benzene ring substituents is 1. The highest BCUT2D eigenvalue weighted by molar-refractivity contribution is 7.89. The summed E-state index contributed by atoms with van der Waals surface area (Å²) in [7, 11) is -3.99. The van der Waals surface area contributed by atoms with Gasteiger partial charge >= 0.3 is 0 Å². The van der Waals surface area contributed by atoms with E-state index in [0.29, 0.717) is 12.8 Å². The second-order valence-corrected chi connectivity index (χ2v) is 6.68. The Kier molecular flexibility index (Phi) is 5.68. The number of aliphatic hydroxyl groups excluding tert-OH is 1. The van der Waals surface area contributed by atoms with Crippen LogP contribution in [0.1, 0.15) is 26.7 Å². The van der Waals surface area contributed by atoms with Gasteiger partial charge in [-0.2, -0.15) is 0 Å². The van der Waals surface area contributed by atoms with Gasteiger partial charge in [0.15, 0.2) is 0 Å². The first kappa shape index (κ1) is 17.8. The van der Waals surface area contributed by atoms with Crippen molar-refractivity contribution in [2.24, 2.45) is 0 Å². The number of nitrogens with one attached hydrogen (secondary N) is 1. The lowest BCUT2D eigenvalue weighted by molar-refractivity contribution is -0.384. The Balaban J connectivity index is 3.23. The van der Waals surface area contributed by atoms with Crippen LogP contribution < -0.4 is 4.72 Å². The quantitative estimate of drug-likeness (QED) is 0.585. The summed E-state index contributed by atoms with van der Waals surface area (Å²) in [5.74, 6) is 0. The number of nitrogens with zero attached hydrogens (tertiary/aromatic N) is 1. The third kappa shape index (κ3) is 3.91. The zero-order valence-electron chi connectivity index (χ0n) is 11.7. The maximum absolute atomic E-state index is 12.3. The molecule has 9 heteroatoms. The van der Waals surface area contributed by atoms with Crippen LogP contribution in [-0.4, -0.2) is 30.6 Å². The van der Waals surface area contributed by atoms with Gasteiger partial charge in [0.05, 0.1) is 22.1 Å². The Morgan fingerprint density at radius 1 is 1.38 bits per heavy atom. The average Bonchev–Trinajstić information content (AvgIpc) is 2.44. The molecule has 118 valence electrons. The normalized spacial score (nSPS) is 12.4. The van der Waals surface area contributed by atoms with E-state index in [-0.39, 0.29) is 22.2 Å². The van der Waals surface area contributed by atoms with E-state index in [9.17, 15) is 23.6 Å². The van der Waals surface area contributed by atoms with Crippen molar-refractivity contribution in [3.05, 3.63) is 33.3 Å². The number of sulfonamides is 1. The van der Waals surface area contributed by atoms with Gasteiger partial charge in [0.2, 0.25) is 10.0 Å². The molecule has 0 aromatic heterocycles. The van der Waals surface area contributed by atoms with Crippen molar-refractivity contribution in [3.63, 3.8) is 0 Å². The molecule has 1 aromatic carbocycles. The molecule has 0 unspecified atom stereocenters. The number of benzene rings is 1. The van der Waals surface area contributed by atoms with Crippen molar-refractivity contribution < 1.29 is 18.4 Å². The number of halogens is 1. The lowest BCUT2D eigenvalue weighted by Crippen LogP contribution is -2.50. The van der Waals surface area contributed by atoms with E-state index in [4.69, 9.17) is 11.6 Å². The van der Waals surface area contributed by atoms with Crippen LogP contribution in [-0.2, 0) is 10.0 Å². The van der Waals surface area contributed by atoms with Crippen LogP contribution in [0, 0.1) is 10.1 Å². The van der Waals surface area contributed by atoms with E-state index in [1.54, 1.807) is 13.8 Å². The molecule has 0 aliphatic heterocycles. The van der Waals surface area contributed by atoms with Gasteiger partial charge < -0.3 is 5.11 Å². The van der Waals surface area contributed by atoms with Crippen molar-refractivity contribution in [1.82, 2.24) is 4.72 Å². The van der Waals surface area contributed by atoms with Crippen LogP contribution >= 0.6 is 11.6 Å². The molecule has 0 bridgehead atoms. The van der Waals surface area contributed by atoms with Crippen LogP contribution in [0.4, 0.5) is 5.69 Å². The topological polar surface area (TPSA) is 110 Å². The van der Waals surface area contributed by atoms with E-state index >= 15 is 0 Å². The molecule has 0 saturated carbocycles. The molecule has 0 saturated heterocycles. The molecule has 0 fully saturated rings. The minimum atomic E-state index is -3.99. The van der Waals surface area contributed by atoms with Gasteiger partial charge in [-0.25, -0.2) is 13.1 Å². The molecule has 0 aliphatic carbocycles. The minimum absolute atomic E-state index is 0.240. The molecule has 2 N–H and O–H groups in total. The standard InChI is InChI=1S/C12H17ClN2O5S/c1-3-12(4-2,8-16)14-21(19,20)11-6-5-9(15(17)18)7-10(11)13/h5-7,14,16H,3-4,8H2,1-2H3. The maximum atomic E-state index is 12.3. The third-order valence-corrected chi connectivity index (χ3v) is 5.48. The Labute approximate surface area is 128 Å². The van der Waals surface area contributed by atoms with Gasteiger partial charge in [-0.1, -0.05) is 25.4 Å². The first-order chi connectivity index (χ1) is 9.71. The first-order valence-corrected chi connectivity index (χ1v) is 8.16. The largest absolute Gasteiger partial charge is 0.394 e. The molecule has 0 atom stereocenters. The van der Waals surface area contributed by atoms with Gasteiger partial charge in [0.1, 0.15) is 4.90 Å². The summed E-state index contributed by atoms with van der Waals surface area (Å²) >= 11 is 5.83. The fraction of sp³-hybridized carbons (Fsp3) is 0.500. The zero-order chi connectivity index (χ0) is 16.3. The zero-order valence-corrected chi connectivity index (χ0v) is 13.2. The summed E-state index contributed by atoms with van der Waals surface area (Å²) in [5, 5.41) is 19.8. The number of rotatable bonds is 7. The highest BCUT2D eigenvalue weighted by Crippen LogP contribution is 2.28. The van der Waals surface area contributed by atoms with Crippen LogP contribution in [0.2, 0.25) is 5.02 Å². The molecule has 1 rings (SSSR count). The molecule has 21 heavy (non-hydrogen) atoms. The number of aliphatic hydroxyl groups is 1. The second kappa shape index (κ2) is 6.69. The summed E-state index contributed by atoms with van der Waals surface area (Å²) in [4.78, 5) is 9.71. The van der Waals surface area contributed by atoms with Gasteiger partial charge in [-0.15, -0.1) is 0 Å². The molecule has 7 nitrogen and oxygen atoms in total. The van der Waals surface area contributed by atoms with Crippen LogP contribution in [0.25, 0.3) is 0 Å². The van der Waals surface area contributed by atoms with Crippen molar-refractivity contribution in [2.75, 3.05) is 6.61 Å². The molecule has 0 radical (unpaired) electrons. The summed E-state index contributed by atoms with van der Waals surface area (Å²) in [6.45, 7) is 3.14. The fourth-order valence-corrected chi connectivity index (χ4v) is 3.89. The van der Waals surface area contributed by atoms with Crippen LogP contribution in [0.5, 0.6) is 0 Å². The van der Waals surface area contributed by atoms with Gasteiger partial charge in [0.25, 0.3) is 5.69 Å². The Hall–Kier alpha value is -1.22. The third-order valence-electron chi connectivity index (χ3n) is 3.42. The molecule has 0 spiro atoms. The van der Waals surface area contributed by atoms with E-state index < -0.39 is 20.5 Å². The van der Waals surface area contributed by atoms with Gasteiger partial charge in [0, 0.05) is 12.1 Å². The number of hydrogen-bond donors (Lipinski definition) is 2. The molecule has 0 amide bonds. The van der Waals surface area contributed by atoms with E-state index in [1.807, 2.05) is 0 Å². The Morgan fingerprint density at radius 2 is 1.95 bits per heavy atom. The molecule has 0 aliphatic rings.